The maximum absolute atomic E-state index is 11.9. The number of carbonyl (C=O) groups excluding carboxylic acids is 1. The molecule has 0 aliphatic carbocycles. The summed E-state index contributed by atoms with van der Waals surface area (Å²) < 4.78 is 16.3. The van der Waals surface area contributed by atoms with Gasteiger partial charge in [0, 0.05) is 11.6 Å². The van der Waals surface area contributed by atoms with E-state index in [9.17, 15) is 4.79 Å². The highest BCUT2D eigenvalue weighted by Gasteiger charge is 2.11. The largest absolute Gasteiger partial charge is 0.496 e. The van der Waals surface area contributed by atoms with Crippen LogP contribution in [0.2, 0.25) is 0 Å². The number of nitrogens with one attached hydrogen (secondary N) is 1. The molecule has 0 saturated carbocycles. The predicted octanol–water partition coefficient (Wildman–Crippen LogP) is 3.13. The number of amides is 1. The molecule has 0 atom stereocenters. The number of ether oxygens (including phenoxy) is 2. The summed E-state index contributed by atoms with van der Waals surface area (Å²) in [4.78, 5) is 11.9. The lowest BCUT2D eigenvalue weighted by Crippen LogP contribution is -2.17. The number of aryl methyl sites for hydroxylation is 1. The van der Waals surface area contributed by atoms with Gasteiger partial charge in [-0.3, -0.25) is 4.79 Å². The van der Waals surface area contributed by atoms with Crippen molar-refractivity contribution < 1.29 is 18.7 Å². The van der Waals surface area contributed by atoms with Crippen LogP contribution < -0.4 is 14.9 Å². The fraction of sp³-hybridized carbons (Fsp3) is 0.200. The molecule has 0 fully saturated rings. The highest BCUT2D eigenvalue weighted by Crippen LogP contribution is 2.31. The number of halogens is 1. The Labute approximate surface area is 136 Å². The van der Waals surface area contributed by atoms with Crippen molar-refractivity contribution in [1.82, 2.24) is 5.43 Å². The molecule has 0 saturated heterocycles. The molecule has 6 nitrogen and oxygen atoms in total. The number of carbonyl (C=O) groups is 1. The van der Waals surface area contributed by atoms with Crippen LogP contribution in [-0.4, -0.2) is 26.3 Å². The molecule has 0 aliphatic heterocycles. The van der Waals surface area contributed by atoms with Crippen LogP contribution in [0.5, 0.6) is 11.5 Å². The van der Waals surface area contributed by atoms with Crippen LogP contribution in [-0.2, 0) is 0 Å². The Kier molecular flexibility index (Phi) is 5.21. The quantitative estimate of drug-likeness (QED) is 0.651. The van der Waals surface area contributed by atoms with E-state index in [1.54, 1.807) is 39.3 Å². The van der Waals surface area contributed by atoms with Crippen LogP contribution in [0.1, 0.15) is 21.7 Å². The van der Waals surface area contributed by atoms with Gasteiger partial charge in [-0.1, -0.05) is 0 Å². The third kappa shape index (κ3) is 3.48. The number of hydrogen-bond donors (Lipinski definition) is 1. The first-order valence-electron chi connectivity index (χ1n) is 6.35. The molecule has 2 aromatic rings. The number of nitrogens with zero attached hydrogens (tertiary/aromatic N) is 1. The average molecular weight is 367 g/mol. The first-order chi connectivity index (χ1) is 10.6. The average Bonchev–Trinajstić information content (AvgIpc) is 2.93. The standard InChI is InChI=1S/C15H15BrN2O4/c1-9-11(4-5-22-9)15(19)18-17-8-10-6-12(16)14(21-3)7-13(10)20-2/h4-8H,1-3H3,(H,18,19)/b17-8-. The van der Waals surface area contributed by atoms with E-state index in [1.807, 2.05) is 0 Å². The molecule has 0 radical (unpaired) electrons. The van der Waals surface area contributed by atoms with Gasteiger partial charge in [-0.15, -0.1) is 0 Å². The van der Waals surface area contributed by atoms with E-state index in [2.05, 4.69) is 26.5 Å². The molecule has 22 heavy (non-hydrogen) atoms. The van der Waals surface area contributed by atoms with Gasteiger partial charge >= 0.3 is 0 Å². The predicted molar refractivity (Wildman–Crippen MR) is 85.8 cm³/mol. The second-order valence-corrected chi connectivity index (χ2v) is 5.17. The number of methoxy groups -OCH3 is 2. The Morgan fingerprint density at radius 2 is 2.05 bits per heavy atom. The molecular formula is C15H15BrN2O4. The minimum absolute atomic E-state index is 0.339. The Bertz CT molecular complexity index is 710. The summed E-state index contributed by atoms with van der Waals surface area (Å²) in [5, 5.41) is 3.94. The molecule has 1 amide bonds. The van der Waals surface area contributed by atoms with E-state index in [4.69, 9.17) is 13.9 Å². The smallest absolute Gasteiger partial charge is 0.274 e. The van der Waals surface area contributed by atoms with Crippen molar-refractivity contribution in [3.8, 4) is 11.5 Å². The molecular weight excluding hydrogens is 352 g/mol. The molecule has 1 aromatic heterocycles. The van der Waals surface area contributed by atoms with Gasteiger partial charge in [0.1, 0.15) is 17.3 Å². The number of hydrazone groups is 1. The zero-order valence-corrected chi connectivity index (χ0v) is 13.9. The Balaban J connectivity index is 2.15. The van der Waals surface area contributed by atoms with Gasteiger partial charge < -0.3 is 13.9 Å². The number of hydrogen-bond acceptors (Lipinski definition) is 5. The van der Waals surface area contributed by atoms with Gasteiger partial charge in [0.05, 0.1) is 36.7 Å². The van der Waals surface area contributed by atoms with Crippen LogP contribution in [0.15, 0.2) is 38.5 Å². The van der Waals surface area contributed by atoms with Crippen molar-refractivity contribution in [3.63, 3.8) is 0 Å². The van der Waals surface area contributed by atoms with Gasteiger partial charge in [0.25, 0.3) is 5.91 Å². The molecule has 0 spiro atoms. The molecule has 0 unspecified atom stereocenters. The Hall–Kier alpha value is -2.28. The van der Waals surface area contributed by atoms with Crippen molar-refractivity contribution >= 4 is 28.1 Å². The van der Waals surface area contributed by atoms with Crippen LogP contribution in [0, 0.1) is 6.92 Å². The second-order valence-electron chi connectivity index (χ2n) is 4.32. The van der Waals surface area contributed by atoms with Gasteiger partial charge in [-0.2, -0.15) is 5.10 Å². The fourth-order valence-corrected chi connectivity index (χ4v) is 2.35. The molecule has 7 heteroatoms. The minimum atomic E-state index is -0.339. The molecule has 0 bridgehead atoms. The van der Waals surface area contributed by atoms with Gasteiger partial charge in [-0.25, -0.2) is 5.43 Å². The minimum Gasteiger partial charge on any atom is -0.496 e. The number of rotatable bonds is 5. The number of benzene rings is 1. The summed E-state index contributed by atoms with van der Waals surface area (Å²) in [6.45, 7) is 1.71. The highest BCUT2D eigenvalue weighted by molar-refractivity contribution is 9.10. The third-order valence-corrected chi connectivity index (χ3v) is 3.60. The third-order valence-electron chi connectivity index (χ3n) is 2.98. The van der Waals surface area contributed by atoms with Crippen molar-refractivity contribution in [1.29, 1.82) is 0 Å². The normalized spacial score (nSPS) is 10.7. The lowest BCUT2D eigenvalue weighted by molar-refractivity contribution is 0.0953. The summed E-state index contributed by atoms with van der Waals surface area (Å²) in [5.41, 5.74) is 3.58. The summed E-state index contributed by atoms with van der Waals surface area (Å²) in [5.74, 6) is 1.43. The highest BCUT2D eigenvalue weighted by atomic mass is 79.9. The fourth-order valence-electron chi connectivity index (χ4n) is 1.83. The second kappa shape index (κ2) is 7.13. The molecule has 0 aliphatic rings. The zero-order valence-electron chi connectivity index (χ0n) is 12.3. The topological polar surface area (TPSA) is 73.1 Å². The summed E-state index contributed by atoms with van der Waals surface area (Å²) in [6.07, 6.45) is 2.95. The van der Waals surface area contributed by atoms with E-state index in [-0.39, 0.29) is 5.91 Å². The van der Waals surface area contributed by atoms with E-state index in [1.165, 1.54) is 12.5 Å². The first kappa shape index (κ1) is 16.1. The van der Waals surface area contributed by atoms with E-state index >= 15 is 0 Å². The first-order valence-corrected chi connectivity index (χ1v) is 7.15. The summed E-state index contributed by atoms with van der Waals surface area (Å²) >= 11 is 3.39. The van der Waals surface area contributed by atoms with E-state index in [0.717, 1.165) is 4.47 Å². The van der Waals surface area contributed by atoms with Crippen molar-refractivity contribution in [2.24, 2.45) is 5.10 Å². The summed E-state index contributed by atoms with van der Waals surface area (Å²) in [6, 6.07) is 5.11. The van der Waals surface area contributed by atoms with Crippen LogP contribution in [0.25, 0.3) is 0 Å². The van der Waals surface area contributed by atoms with Crippen LogP contribution in [0.3, 0.4) is 0 Å². The lowest BCUT2D eigenvalue weighted by atomic mass is 10.2. The monoisotopic (exact) mass is 366 g/mol. The molecule has 116 valence electrons. The SMILES string of the molecule is COc1cc(OC)c(/C=N\NC(=O)c2ccoc2C)cc1Br. The maximum Gasteiger partial charge on any atom is 0.274 e. The lowest BCUT2D eigenvalue weighted by Gasteiger charge is -2.09. The van der Waals surface area contributed by atoms with Gasteiger partial charge in [0.2, 0.25) is 0 Å². The van der Waals surface area contributed by atoms with Crippen LogP contribution in [0.4, 0.5) is 0 Å². The van der Waals surface area contributed by atoms with Gasteiger partial charge in [0.15, 0.2) is 0 Å². The zero-order chi connectivity index (χ0) is 16.1. The molecule has 1 heterocycles. The Morgan fingerprint density at radius 1 is 1.32 bits per heavy atom. The maximum atomic E-state index is 11.9. The van der Waals surface area contributed by atoms with Crippen molar-refractivity contribution in [3.05, 3.63) is 45.8 Å². The van der Waals surface area contributed by atoms with Crippen LogP contribution >= 0.6 is 15.9 Å². The summed E-state index contributed by atoms with van der Waals surface area (Å²) in [7, 11) is 3.12. The van der Waals surface area contributed by atoms with Crippen molar-refractivity contribution in [2.45, 2.75) is 6.92 Å². The van der Waals surface area contributed by atoms with Crippen molar-refractivity contribution in [2.75, 3.05) is 14.2 Å². The molecule has 2 rings (SSSR count). The number of furan rings is 1. The van der Waals surface area contributed by atoms with E-state index in [0.29, 0.717) is 28.4 Å². The molecule has 1 aromatic carbocycles. The van der Waals surface area contributed by atoms with E-state index < -0.39 is 0 Å². The Morgan fingerprint density at radius 3 is 2.64 bits per heavy atom. The molecule has 1 N–H and O–H groups in total. The van der Waals surface area contributed by atoms with Gasteiger partial charge in [-0.05, 0) is 35.0 Å².